The van der Waals surface area contributed by atoms with E-state index < -0.39 is 0 Å². The molecule has 3 rings (SSSR count). The first-order chi connectivity index (χ1) is 12.1. The molecular formula is C19H24N3OS2+. The van der Waals surface area contributed by atoms with Gasteiger partial charge in [0.2, 0.25) is 0 Å². The maximum absolute atomic E-state index is 12.5. The van der Waals surface area contributed by atoms with Crippen molar-refractivity contribution in [2.45, 2.75) is 39.7 Å². The molecule has 6 heteroatoms. The molecule has 2 heterocycles. The Hall–Kier alpha value is -1.68. The van der Waals surface area contributed by atoms with Crippen LogP contribution in [0.3, 0.4) is 0 Å². The summed E-state index contributed by atoms with van der Waals surface area (Å²) in [4.78, 5) is 16.3. The Morgan fingerprint density at radius 3 is 3.04 bits per heavy atom. The highest BCUT2D eigenvalue weighted by Gasteiger charge is 2.25. The van der Waals surface area contributed by atoms with Crippen molar-refractivity contribution in [1.82, 2.24) is 0 Å². The number of carbonyl (C=O) groups excluding carboxylic acids is 1. The molecule has 0 fully saturated rings. The Balaban J connectivity index is 1.67. The highest BCUT2D eigenvalue weighted by Crippen LogP contribution is 2.39. The number of hydrogen-bond acceptors (Lipinski definition) is 4. The Bertz CT molecular complexity index is 773. The smallest absolute Gasteiger partial charge is 0.280 e. The van der Waals surface area contributed by atoms with Gasteiger partial charge in [-0.2, -0.15) is 5.26 Å². The van der Waals surface area contributed by atoms with Gasteiger partial charge in [0.05, 0.1) is 17.0 Å². The number of carbonyl (C=O) groups is 1. The second kappa shape index (κ2) is 8.13. The lowest BCUT2D eigenvalue weighted by Crippen LogP contribution is -3.11. The number of rotatable bonds is 6. The molecule has 0 aliphatic heterocycles. The number of thiophene rings is 2. The van der Waals surface area contributed by atoms with Crippen molar-refractivity contribution in [1.29, 1.82) is 5.26 Å². The van der Waals surface area contributed by atoms with E-state index in [1.165, 1.54) is 20.2 Å². The predicted octanol–water partition coefficient (Wildman–Crippen LogP) is 2.85. The second-order valence-corrected chi connectivity index (χ2v) is 8.89. The van der Waals surface area contributed by atoms with Crippen LogP contribution in [0.5, 0.6) is 0 Å². The Labute approximate surface area is 157 Å². The van der Waals surface area contributed by atoms with E-state index in [4.69, 9.17) is 0 Å². The molecule has 2 aromatic heterocycles. The molecule has 1 aliphatic carbocycles. The van der Waals surface area contributed by atoms with Crippen LogP contribution >= 0.6 is 22.7 Å². The molecule has 0 saturated heterocycles. The number of quaternary nitrogens is 1. The molecule has 0 radical (unpaired) electrons. The third kappa shape index (κ3) is 4.30. The van der Waals surface area contributed by atoms with Crippen molar-refractivity contribution < 1.29 is 9.69 Å². The zero-order valence-corrected chi connectivity index (χ0v) is 16.4. The summed E-state index contributed by atoms with van der Waals surface area (Å²) in [5, 5.41) is 15.4. The maximum Gasteiger partial charge on any atom is 0.280 e. The summed E-state index contributed by atoms with van der Waals surface area (Å²) >= 11 is 3.33. The summed E-state index contributed by atoms with van der Waals surface area (Å²) in [5.41, 5.74) is 1.86. The fraction of sp³-hybridized carbons (Fsp3) is 0.474. The van der Waals surface area contributed by atoms with E-state index in [2.05, 4.69) is 36.7 Å². The summed E-state index contributed by atoms with van der Waals surface area (Å²) in [6.45, 7) is 6.54. The monoisotopic (exact) mass is 374 g/mol. The molecule has 25 heavy (non-hydrogen) atoms. The largest absolute Gasteiger partial charge is 0.323 e. The number of amides is 1. The number of nitrogens with one attached hydrogen (secondary N) is 2. The van der Waals surface area contributed by atoms with Crippen LogP contribution in [0.1, 0.15) is 41.1 Å². The molecule has 1 aliphatic rings. The van der Waals surface area contributed by atoms with Crippen LogP contribution in [0.25, 0.3) is 0 Å². The molecule has 2 N–H and O–H groups in total. The zero-order valence-electron chi connectivity index (χ0n) is 14.7. The van der Waals surface area contributed by atoms with E-state index >= 15 is 0 Å². The third-order valence-electron chi connectivity index (χ3n) is 4.79. The van der Waals surface area contributed by atoms with E-state index in [1.807, 2.05) is 6.07 Å². The number of nitriles is 1. The minimum Gasteiger partial charge on any atom is -0.323 e. The molecule has 4 nitrogen and oxygen atoms in total. The van der Waals surface area contributed by atoms with Crippen LogP contribution in [-0.2, 0) is 24.2 Å². The van der Waals surface area contributed by atoms with E-state index in [9.17, 15) is 10.1 Å². The molecule has 0 saturated carbocycles. The van der Waals surface area contributed by atoms with Gasteiger partial charge in [0.25, 0.3) is 5.91 Å². The van der Waals surface area contributed by atoms with Crippen LogP contribution in [0.4, 0.5) is 5.00 Å². The maximum atomic E-state index is 12.5. The fourth-order valence-electron chi connectivity index (χ4n) is 3.33. The fourth-order valence-corrected chi connectivity index (χ4v) is 5.48. The van der Waals surface area contributed by atoms with Crippen LogP contribution < -0.4 is 10.2 Å². The second-order valence-electron chi connectivity index (χ2n) is 6.75. The van der Waals surface area contributed by atoms with Crippen molar-refractivity contribution in [2.24, 2.45) is 5.92 Å². The standard InChI is InChI=1S/C19H23N3OS2/c1-3-22(11-14-5-4-8-24-14)12-18(23)21-19-16(10-20)15-7-6-13(2)9-17(15)25-19/h4-5,8,13H,3,6-7,9,11-12H2,1-2H3,(H,21,23)/p+1/t13-/m1/s1. The normalized spacial score (nSPS) is 17.6. The van der Waals surface area contributed by atoms with Crippen molar-refractivity contribution in [2.75, 3.05) is 18.4 Å². The average molecular weight is 375 g/mol. The molecule has 0 spiro atoms. The molecule has 2 aromatic rings. The van der Waals surface area contributed by atoms with Gasteiger partial charge in [0.15, 0.2) is 6.54 Å². The zero-order chi connectivity index (χ0) is 17.8. The SMILES string of the molecule is CC[NH+](CC(=O)Nc1sc2c(c1C#N)CC[C@@H](C)C2)Cc1cccs1. The third-order valence-corrected chi connectivity index (χ3v) is 6.84. The van der Waals surface area contributed by atoms with Crippen molar-refractivity contribution >= 4 is 33.6 Å². The van der Waals surface area contributed by atoms with Crippen LogP contribution in [0, 0.1) is 17.2 Å². The summed E-state index contributed by atoms with van der Waals surface area (Å²) < 4.78 is 0. The minimum absolute atomic E-state index is 0.00319. The highest BCUT2D eigenvalue weighted by atomic mass is 32.1. The lowest BCUT2D eigenvalue weighted by atomic mass is 9.89. The van der Waals surface area contributed by atoms with Gasteiger partial charge in [-0.25, -0.2) is 0 Å². The minimum atomic E-state index is -0.00319. The number of hydrogen-bond donors (Lipinski definition) is 2. The van der Waals surface area contributed by atoms with Gasteiger partial charge < -0.3 is 10.2 Å². The first kappa shape index (κ1) is 18.1. The van der Waals surface area contributed by atoms with Crippen LogP contribution in [0.15, 0.2) is 17.5 Å². The number of likely N-dealkylation sites (N-methyl/N-ethyl adjacent to an activating group) is 1. The van der Waals surface area contributed by atoms with Gasteiger partial charge in [-0.05, 0) is 49.1 Å². The number of fused-ring (bicyclic) bond motifs is 1. The molecule has 1 unspecified atom stereocenters. The first-order valence-corrected chi connectivity index (χ1v) is 10.5. The van der Waals surface area contributed by atoms with E-state index in [1.54, 1.807) is 22.7 Å². The van der Waals surface area contributed by atoms with Gasteiger partial charge in [0, 0.05) is 4.88 Å². The average Bonchev–Trinajstić information content (AvgIpc) is 3.20. The van der Waals surface area contributed by atoms with E-state index in [0.29, 0.717) is 18.0 Å². The van der Waals surface area contributed by atoms with Gasteiger partial charge in [-0.1, -0.05) is 13.0 Å². The van der Waals surface area contributed by atoms with Gasteiger partial charge in [-0.15, -0.1) is 22.7 Å². The summed E-state index contributed by atoms with van der Waals surface area (Å²) in [5.74, 6) is 0.656. The van der Waals surface area contributed by atoms with Gasteiger partial charge in [-0.3, -0.25) is 4.79 Å². The van der Waals surface area contributed by atoms with Gasteiger partial charge >= 0.3 is 0 Å². The van der Waals surface area contributed by atoms with Crippen molar-refractivity contribution in [3.05, 3.63) is 38.4 Å². The Morgan fingerprint density at radius 1 is 1.52 bits per heavy atom. The van der Waals surface area contributed by atoms with Crippen molar-refractivity contribution in [3.8, 4) is 6.07 Å². The van der Waals surface area contributed by atoms with E-state index in [0.717, 1.165) is 37.4 Å². The molecular weight excluding hydrogens is 350 g/mol. The molecule has 0 bridgehead atoms. The number of anilines is 1. The molecule has 1 amide bonds. The topological polar surface area (TPSA) is 57.3 Å². The Kier molecular flexibility index (Phi) is 5.89. The summed E-state index contributed by atoms with van der Waals surface area (Å²) in [7, 11) is 0. The highest BCUT2D eigenvalue weighted by molar-refractivity contribution is 7.16. The van der Waals surface area contributed by atoms with Crippen LogP contribution in [-0.4, -0.2) is 19.0 Å². The number of nitrogens with zero attached hydrogens (tertiary/aromatic N) is 1. The molecule has 132 valence electrons. The summed E-state index contributed by atoms with van der Waals surface area (Å²) in [6.07, 6.45) is 3.10. The van der Waals surface area contributed by atoms with Crippen LogP contribution in [0.2, 0.25) is 0 Å². The van der Waals surface area contributed by atoms with Crippen molar-refractivity contribution in [3.63, 3.8) is 0 Å². The van der Waals surface area contributed by atoms with Gasteiger partial charge in [0.1, 0.15) is 17.6 Å². The Morgan fingerprint density at radius 2 is 2.36 bits per heavy atom. The molecule has 0 aromatic carbocycles. The first-order valence-electron chi connectivity index (χ1n) is 8.81. The quantitative estimate of drug-likeness (QED) is 0.817. The summed E-state index contributed by atoms with van der Waals surface area (Å²) in [6, 6.07) is 6.48. The molecule has 2 atom stereocenters. The lowest BCUT2D eigenvalue weighted by molar-refractivity contribution is -0.903. The lowest BCUT2D eigenvalue weighted by Gasteiger charge is -2.17. The van der Waals surface area contributed by atoms with E-state index in [-0.39, 0.29) is 5.91 Å². The predicted molar refractivity (Wildman–Crippen MR) is 103 cm³/mol.